The summed E-state index contributed by atoms with van der Waals surface area (Å²) in [5.41, 5.74) is -0.292. The number of ketones is 1. The number of Topliss-reactive ketones (excluding diaryl/α,β-unsaturated/α-hetero) is 1. The molecule has 174 valence electrons. The lowest BCUT2D eigenvalue weighted by molar-refractivity contribution is -0.139. The zero-order valence-corrected chi connectivity index (χ0v) is 18.4. The number of hydrogen-bond acceptors (Lipinski definition) is 5. The number of halogens is 3. The lowest BCUT2D eigenvalue weighted by atomic mass is 10.0. The normalized spacial score (nSPS) is 11.1. The number of carbonyl (C=O) groups excluding carboxylic acids is 1. The smallest absolute Gasteiger partial charge is 0.420 e. The number of carbonyl (C=O) groups is 1. The van der Waals surface area contributed by atoms with Crippen LogP contribution in [0.5, 0.6) is 23.0 Å². The van der Waals surface area contributed by atoms with Crippen LogP contribution in [-0.4, -0.2) is 20.0 Å². The van der Waals surface area contributed by atoms with E-state index in [0.717, 1.165) is 18.6 Å². The minimum absolute atomic E-state index is 0.000392. The minimum atomic E-state index is -4.82. The number of alkyl halides is 3. The third-order valence-corrected chi connectivity index (χ3v) is 4.88. The van der Waals surface area contributed by atoms with Gasteiger partial charge in [0.1, 0.15) is 30.3 Å². The largest absolute Gasteiger partial charge is 0.497 e. The van der Waals surface area contributed by atoms with Crippen molar-refractivity contribution >= 4 is 5.78 Å². The standard InChI is InChI=1S/C25H23F3O5/c1-16(29)21-12-13-22(32-14-17-4-8-19(30-2)9-5-17)24(23(21)25(26,27)28)33-15-18-6-10-20(31-3)11-7-18/h4-13H,14-15H2,1-3H3. The van der Waals surface area contributed by atoms with Crippen LogP contribution in [0.25, 0.3) is 0 Å². The molecule has 0 aliphatic carbocycles. The van der Waals surface area contributed by atoms with Gasteiger partial charge in [0.25, 0.3) is 0 Å². The van der Waals surface area contributed by atoms with E-state index in [-0.39, 0.29) is 19.0 Å². The van der Waals surface area contributed by atoms with Gasteiger partial charge in [0.15, 0.2) is 17.3 Å². The van der Waals surface area contributed by atoms with Crippen LogP contribution in [0.4, 0.5) is 13.2 Å². The van der Waals surface area contributed by atoms with E-state index in [1.165, 1.54) is 20.3 Å². The fourth-order valence-electron chi connectivity index (χ4n) is 3.16. The molecular formula is C25H23F3O5. The Hall–Kier alpha value is -3.68. The fraction of sp³-hybridized carbons (Fsp3) is 0.240. The van der Waals surface area contributed by atoms with Crippen molar-refractivity contribution in [3.63, 3.8) is 0 Å². The summed E-state index contributed by atoms with van der Waals surface area (Å²) in [6.45, 7) is 0.919. The van der Waals surface area contributed by atoms with Crippen LogP contribution in [0.3, 0.4) is 0 Å². The topological polar surface area (TPSA) is 54.0 Å². The lowest BCUT2D eigenvalue weighted by Crippen LogP contribution is -2.15. The van der Waals surface area contributed by atoms with Crippen LogP contribution in [-0.2, 0) is 19.4 Å². The Morgan fingerprint density at radius 1 is 0.758 bits per heavy atom. The first-order valence-electron chi connectivity index (χ1n) is 9.99. The molecule has 33 heavy (non-hydrogen) atoms. The molecule has 0 bridgehead atoms. The van der Waals surface area contributed by atoms with Gasteiger partial charge in [-0.1, -0.05) is 24.3 Å². The number of hydrogen-bond donors (Lipinski definition) is 0. The predicted molar refractivity (Wildman–Crippen MR) is 116 cm³/mol. The Bertz CT molecular complexity index is 1090. The maximum Gasteiger partial charge on any atom is 0.420 e. The van der Waals surface area contributed by atoms with Gasteiger partial charge in [-0.15, -0.1) is 0 Å². The molecule has 0 saturated carbocycles. The molecule has 0 radical (unpaired) electrons. The van der Waals surface area contributed by atoms with Crippen molar-refractivity contribution in [2.24, 2.45) is 0 Å². The van der Waals surface area contributed by atoms with E-state index in [9.17, 15) is 18.0 Å². The molecule has 0 fully saturated rings. The average molecular weight is 460 g/mol. The second-order valence-electron chi connectivity index (χ2n) is 7.14. The highest BCUT2D eigenvalue weighted by molar-refractivity contribution is 5.96. The van der Waals surface area contributed by atoms with Crippen LogP contribution < -0.4 is 18.9 Å². The van der Waals surface area contributed by atoms with Crippen LogP contribution in [0.15, 0.2) is 60.7 Å². The quantitative estimate of drug-likeness (QED) is 0.362. The minimum Gasteiger partial charge on any atom is -0.497 e. The summed E-state index contributed by atoms with van der Waals surface area (Å²) in [5.74, 6) is -0.112. The second-order valence-corrected chi connectivity index (χ2v) is 7.14. The summed E-state index contributed by atoms with van der Waals surface area (Å²) < 4.78 is 63.5. The average Bonchev–Trinajstić information content (AvgIpc) is 2.81. The molecule has 8 heteroatoms. The first kappa shape index (κ1) is 24.0. The third-order valence-electron chi connectivity index (χ3n) is 4.88. The Morgan fingerprint density at radius 3 is 1.67 bits per heavy atom. The first-order chi connectivity index (χ1) is 15.7. The Morgan fingerprint density at radius 2 is 1.24 bits per heavy atom. The summed E-state index contributed by atoms with van der Waals surface area (Å²) in [4.78, 5) is 11.9. The number of rotatable bonds is 9. The summed E-state index contributed by atoms with van der Waals surface area (Å²) in [6.07, 6.45) is -4.82. The van der Waals surface area contributed by atoms with E-state index >= 15 is 0 Å². The molecule has 0 unspecified atom stereocenters. The van der Waals surface area contributed by atoms with E-state index in [0.29, 0.717) is 17.1 Å². The fourth-order valence-corrected chi connectivity index (χ4v) is 3.16. The van der Waals surface area contributed by atoms with Gasteiger partial charge in [0, 0.05) is 5.56 Å². The SMILES string of the molecule is COc1ccc(COc2ccc(C(C)=O)c(C(F)(F)F)c2OCc2ccc(OC)cc2)cc1. The molecule has 0 amide bonds. The zero-order chi connectivity index (χ0) is 24.0. The molecule has 0 aliphatic rings. The number of benzene rings is 3. The zero-order valence-electron chi connectivity index (χ0n) is 18.4. The van der Waals surface area contributed by atoms with Crippen molar-refractivity contribution < 1.29 is 36.9 Å². The van der Waals surface area contributed by atoms with Gasteiger partial charge in [-0.05, 0) is 54.4 Å². The van der Waals surface area contributed by atoms with Gasteiger partial charge < -0.3 is 18.9 Å². The van der Waals surface area contributed by atoms with Crippen LogP contribution in [0, 0.1) is 0 Å². The van der Waals surface area contributed by atoms with Crippen molar-refractivity contribution in [1.82, 2.24) is 0 Å². The van der Waals surface area contributed by atoms with Gasteiger partial charge >= 0.3 is 6.18 Å². The molecule has 3 aromatic carbocycles. The van der Waals surface area contributed by atoms with Crippen LogP contribution >= 0.6 is 0 Å². The van der Waals surface area contributed by atoms with Crippen molar-refractivity contribution in [2.45, 2.75) is 26.3 Å². The Labute approximate surface area is 189 Å². The molecular weight excluding hydrogens is 437 g/mol. The molecule has 0 aromatic heterocycles. The predicted octanol–water partition coefficient (Wildman–Crippen LogP) is 6.08. The number of ether oxygens (including phenoxy) is 4. The second kappa shape index (κ2) is 10.3. The Balaban J connectivity index is 1.95. The molecule has 0 heterocycles. The highest BCUT2D eigenvalue weighted by Gasteiger charge is 2.40. The lowest BCUT2D eigenvalue weighted by Gasteiger charge is -2.20. The van der Waals surface area contributed by atoms with E-state index in [4.69, 9.17) is 18.9 Å². The highest BCUT2D eigenvalue weighted by Crippen LogP contribution is 2.44. The molecule has 0 N–H and O–H groups in total. The summed E-state index contributed by atoms with van der Waals surface area (Å²) in [7, 11) is 3.05. The van der Waals surface area contributed by atoms with Gasteiger partial charge in [-0.25, -0.2) is 0 Å². The van der Waals surface area contributed by atoms with Gasteiger partial charge in [-0.2, -0.15) is 13.2 Å². The van der Waals surface area contributed by atoms with Gasteiger partial charge in [-0.3, -0.25) is 4.79 Å². The molecule has 0 atom stereocenters. The molecule has 3 rings (SSSR count). The first-order valence-corrected chi connectivity index (χ1v) is 9.99. The van der Waals surface area contributed by atoms with Crippen LogP contribution in [0.1, 0.15) is 34.0 Å². The van der Waals surface area contributed by atoms with Crippen molar-refractivity contribution in [2.75, 3.05) is 14.2 Å². The van der Waals surface area contributed by atoms with Gasteiger partial charge in [0.05, 0.1) is 14.2 Å². The highest BCUT2D eigenvalue weighted by atomic mass is 19.4. The molecule has 5 nitrogen and oxygen atoms in total. The molecule has 0 spiro atoms. The molecule has 3 aromatic rings. The summed E-state index contributed by atoms with van der Waals surface area (Å²) >= 11 is 0. The van der Waals surface area contributed by atoms with E-state index in [2.05, 4.69) is 0 Å². The van der Waals surface area contributed by atoms with Crippen molar-refractivity contribution in [3.05, 3.63) is 82.9 Å². The maximum atomic E-state index is 14.0. The van der Waals surface area contributed by atoms with Crippen molar-refractivity contribution in [3.8, 4) is 23.0 Å². The molecule has 0 aliphatic heterocycles. The van der Waals surface area contributed by atoms with Gasteiger partial charge in [0.2, 0.25) is 0 Å². The van der Waals surface area contributed by atoms with Crippen LogP contribution in [0.2, 0.25) is 0 Å². The summed E-state index contributed by atoms with van der Waals surface area (Å²) in [5, 5.41) is 0. The van der Waals surface area contributed by atoms with E-state index in [1.54, 1.807) is 48.5 Å². The van der Waals surface area contributed by atoms with Crippen molar-refractivity contribution in [1.29, 1.82) is 0 Å². The van der Waals surface area contributed by atoms with E-state index < -0.39 is 28.8 Å². The summed E-state index contributed by atoms with van der Waals surface area (Å²) in [6, 6.07) is 16.1. The van der Waals surface area contributed by atoms with E-state index in [1.807, 2.05) is 0 Å². The Kier molecular flexibility index (Phi) is 7.48. The monoisotopic (exact) mass is 460 g/mol. The number of methoxy groups -OCH3 is 2. The maximum absolute atomic E-state index is 14.0. The molecule has 0 saturated heterocycles. The third kappa shape index (κ3) is 5.97.